The van der Waals surface area contributed by atoms with Crippen molar-refractivity contribution in [3.63, 3.8) is 0 Å². The first-order chi connectivity index (χ1) is 17.3. The largest absolute Gasteiger partial charge is 1.00 e. The number of likely N-dealkylation sites (tertiary alicyclic amines) is 1. The second kappa shape index (κ2) is 11.4. The predicted octanol–water partition coefficient (Wildman–Crippen LogP) is 1.49. The lowest BCUT2D eigenvalue weighted by molar-refractivity contribution is -0.942. The van der Waals surface area contributed by atoms with E-state index in [2.05, 4.69) is 30.4 Å². The minimum atomic E-state index is -0.570. The van der Waals surface area contributed by atoms with Crippen molar-refractivity contribution in [3.05, 3.63) is 59.9 Å². The van der Waals surface area contributed by atoms with Crippen LogP contribution in [-0.4, -0.2) is 42.1 Å². The number of nitrogens with one attached hydrogen (secondary N) is 2. The number of aliphatic imine (C=N–C) groups is 1. The number of benzene rings is 2. The first kappa shape index (κ1) is 27.4. The van der Waals surface area contributed by atoms with Gasteiger partial charge in [0, 0.05) is 24.1 Å². The third-order valence-electron chi connectivity index (χ3n) is 7.90. The van der Waals surface area contributed by atoms with Crippen LogP contribution in [0.5, 0.6) is 5.75 Å². The molecule has 2 aromatic rings. The number of nitrogens with zero attached hydrogens (tertiary/aromatic N) is 2. The highest BCUT2D eigenvalue weighted by Crippen LogP contribution is 2.38. The number of ether oxygens (including phenoxy) is 1. The average Bonchev–Trinajstić information content (AvgIpc) is 3.42. The number of hydrogen-bond donors (Lipinski definition) is 2. The van der Waals surface area contributed by atoms with Gasteiger partial charge in [-0.1, -0.05) is 31.0 Å². The Morgan fingerprint density at radius 3 is 2.65 bits per heavy atom. The minimum absolute atomic E-state index is 0. The molecule has 0 aromatic heterocycles. The molecule has 3 aliphatic rings. The molecule has 3 atom stereocenters. The van der Waals surface area contributed by atoms with Crippen LogP contribution < -0.4 is 32.3 Å². The Morgan fingerprint density at radius 2 is 1.95 bits per heavy atom. The fourth-order valence-electron chi connectivity index (χ4n) is 6.23. The molecule has 1 saturated carbocycles. The summed E-state index contributed by atoms with van der Waals surface area (Å²) in [5, 5.41) is 3.11. The number of halogens is 2. The van der Waals surface area contributed by atoms with Crippen LogP contribution in [0.15, 0.2) is 53.5 Å². The molecular formula is C29H38ClFN4O2. The summed E-state index contributed by atoms with van der Waals surface area (Å²) in [5.74, 6) is 1.34. The van der Waals surface area contributed by atoms with Crippen molar-refractivity contribution in [1.82, 2.24) is 5.32 Å². The van der Waals surface area contributed by atoms with Gasteiger partial charge in [0.05, 0.1) is 24.7 Å². The number of piperidine rings is 1. The molecule has 2 aliphatic heterocycles. The quantitative estimate of drug-likeness (QED) is 0.597. The number of hydrogen-bond acceptors (Lipinski definition) is 3. The molecule has 2 saturated heterocycles. The second-order valence-corrected chi connectivity index (χ2v) is 10.9. The molecule has 200 valence electrons. The first-order valence-corrected chi connectivity index (χ1v) is 13.4. The van der Waals surface area contributed by atoms with Crippen molar-refractivity contribution < 1.29 is 31.2 Å². The van der Waals surface area contributed by atoms with Crippen LogP contribution in [0.4, 0.5) is 14.9 Å². The smallest absolute Gasteiger partial charge is 0.328 e. The fraction of sp³-hybridized carbons (Fsp3) is 0.517. The van der Waals surface area contributed by atoms with Gasteiger partial charge in [-0.2, -0.15) is 0 Å². The fourth-order valence-corrected chi connectivity index (χ4v) is 6.23. The number of quaternary nitrogens is 1. The average molecular weight is 529 g/mol. The molecule has 0 bridgehead atoms. The van der Waals surface area contributed by atoms with Gasteiger partial charge >= 0.3 is 6.03 Å². The Hall–Kier alpha value is -2.64. The summed E-state index contributed by atoms with van der Waals surface area (Å²) in [6.07, 6.45) is 6.18. The van der Waals surface area contributed by atoms with Crippen LogP contribution in [0.25, 0.3) is 0 Å². The predicted molar refractivity (Wildman–Crippen MR) is 140 cm³/mol. The third kappa shape index (κ3) is 5.78. The molecule has 2 aromatic carbocycles. The number of urea groups is 1. The molecule has 8 heteroatoms. The second-order valence-electron chi connectivity index (χ2n) is 10.9. The van der Waals surface area contributed by atoms with Crippen molar-refractivity contribution in [1.29, 1.82) is 0 Å². The highest BCUT2D eigenvalue weighted by Gasteiger charge is 2.56. The molecular weight excluding hydrogens is 491 g/mol. The van der Waals surface area contributed by atoms with Crippen molar-refractivity contribution in [3.8, 4) is 5.75 Å². The molecule has 2 N–H and O–H groups in total. The maximum Gasteiger partial charge on any atom is 0.328 e. The summed E-state index contributed by atoms with van der Waals surface area (Å²) in [6.45, 7) is 8.11. The number of anilines is 1. The zero-order chi connectivity index (χ0) is 25.3. The zero-order valence-corrected chi connectivity index (χ0v) is 22.7. The maximum atomic E-state index is 14.2. The minimum Gasteiger partial charge on any atom is -1.00 e. The van der Waals surface area contributed by atoms with Crippen molar-refractivity contribution >= 4 is 17.6 Å². The van der Waals surface area contributed by atoms with E-state index in [-0.39, 0.29) is 42.4 Å². The molecule has 5 rings (SSSR count). The molecule has 1 aliphatic carbocycles. The molecule has 2 amide bonds. The van der Waals surface area contributed by atoms with E-state index in [9.17, 15) is 9.18 Å². The number of carbonyl (C=O) groups is 1. The monoisotopic (exact) mass is 528 g/mol. The Kier molecular flexibility index (Phi) is 8.44. The highest BCUT2D eigenvalue weighted by molar-refractivity contribution is 6.19. The van der Waals surface area contributed by atoms with Crippen LogP contribution in [0.1, 0.15) is 64.9 Å². The van der Waals surface area contributed by atoms with Crippen LogP contribution in [-0.2, 0) is 6.54 Å². The van der Waals surface area contributed by atoms with E-state index in [1.807, 2.05) is 26.0 Å². The van der Waals surface area contributed by atoms with Gasteiger partial charge in [0.25, 0.3) is 0 Å². The lowest BCUT2D eigenvalue weighted by atomic mass is 9.81. The SMILES string of the molecule is CC(C)Oc1cccc(C[NH+]2CC[C@@]3(C[C@@H]2C)C(=NC2CCCC2)NC(=O)N3c2cccc(F)c2)c1.[Cl-]. The van der Waals surface area contributed by atoms with Gasteiger partial charge < -0.3 is 22.0 Å². The van der Waals surface area contributed by atoms with Gasteiger partial charge in [-0.15, -0.1) is 0 Å². The number of carbonyl (C=O) groups excluding carboxylic acids is 1. The van der Waals surface area contributed by atoms with Gasteiger partial charge in [0.2, 0.25) is 0 Å². The van der Waals surface area contributed by atoms with E-state index < -0.39 is 5.54 Å². The summed E-state index contributed by atoms with van der Waals surface area (Å²) < 4.78 is 20.1. The van der Waals surface area contributed by atoms with Crippen molar-refractivity contribution in [2.75, 3.05) is 11.4 Å². The first-order valence-electron chi connectivity index (χ1n) is 13.4. The van der Waals surface area contributed by atoms with Gasteiger partial charge in [0.1, 0.15) is 29.5 Å². The number of amides is 2. The summed E-state index contributed by atoms with van der Waals surface area (Å²) in [4.78, 5) is 21.7. The van der Waals surface area contributed by atoms with Gasteiger partial charge in [-0.25, -0.2) is 9.18 Å². The Morgan fingerprint density at radius 1 is 1.19 bits per heavy atom. The molecule has 37 heavy (non-hydrogen) atoms. The third-order valence-corrected chi connectivity index (χ3v) is 7.90. The number of amidine groups is 1. The number of rotatable bonds is 6. The van der Waals surface area contributed by atoms with Gasteiger partial charge in [-0.3, -0.25) is 15.2 Å². The summed E-state index contributed by atoms with van der Waals surface area (Å²) >= 11 is 0. The molecule has 2 heterocycles. The van der Waals surface area contributed by atoms with Crippen LogP contribution >= 0.6 is 0 Å². The Labute approximate surface area is 225 Å². The van der Waals surface area contributed by atoms with E-state index in [1.165, 1.54) is 35.4 Å². The molecule has 3 fully saturated rings. The van der Waals surface area contributed by atoms with E-state index in [1.54, 1.807) is 11.0 Å². The van der Waals surface area contributed by atoms with Gasteiger partial charge in [0.15, 0.2) is 0 Å². The van der Waals surface area contributed by atoms with Crippen LogP contribution in [0.3, 0.4) is 0 Å². The standard InChI is InChI=1S/C29H37FN4O2.ClH/c1-20(2)36-26-13-6-8-22(16-26)19-33-15-14-29(18-21(33)3)27(31-24-10-4-5-11-24)32-28(35)34(29)25-12-7-9-23(30)17-25;/h6-9,12-13,16-17,20-21,24H,4-5,10-11,14-15,18-19H2,1-3H3,(H,31,32,35);1H/t21-,29+;/m0./s1. The van der Waals surface area contributed by atoms with E-state index in [0.29, 0.717) is 5.69 Å². The summed E-state index contributed by atoms with van der Waals surface area (Å²) in [5.41, 5.74) is 1.27. The van der Waals surface area contributed by atoms with Crippen molar-refractivity contribution in [2.24, 2.45) is 4.99 Å². The maximum absolute atomic E-state index is 14.2. The van der Waals surface area contributed by atoms with E-state index in [4.69, 9.17) is 9.73 Å². The summed E-state index contributed by atoms with van der Waals surface area (Å²) in [6, 6.07) is 15.1. The Bertz CT molecular complexity index is 1140. The van der Waals surface area contributed by atoms with Gasteiger partial charge in [-0.05, 0) is 63.9 Å². The van der Waals surface area contributed by atoms with Crippen LogP contribution in [0, 0.1) is 5.82 Å². The lowest BCUT2D eigenvalue weighted by Crippen LogP contribution is -3.16. The topological polar surface area (TPSA) is 58.4 Å². The lowest BCUT2D eigenvalue weighted by Gasteiger charge is -2.45. The molecule has 6 nitrogen and oxygen atoms in total. The van der Waals surface area contributed by atoms with E-state index >= 15 is 0 Å². The molecule has 1 spiro atoms. The van der Waals surface area contributed by atoms with Crippen LogP contribution in [0.2, 0.25) is 0 Å². The normalized spacial score (nSPS) is 27.1. The summed E-state index contributed by atoms with van der Waals surface area (Å²) in [7, 11) is 0. The molecule has 1 unspecified atom stereocenters. The molecule has 0 radical (unpaired) electrons. The van der Waals surface area contributed by atoms with Crippen molar-refractivity contribution in [2.45, 2.75) is 89.6 Å². The highest BCUT2D eigenvalue weighted by atomic mass is 35.5. The Balaban J connectivity index is 0.00000320. The zero-order valence-electron chi connectivity index (χ0n) is 22.0. The van der Waals surface area contributed by atoms with E-state index in [0.717, 1.165) is 50.4 Å².